The van der Waals surface area contributed by atoms with Crippen molar-refractivity contribution < 1.29 is 19.1 Å². The molecule has 1 amide bonds. The van der Waals surface area contributed by atoms with Gasteiger partial charge in [0.25, 0.3) is 5.91 Å². The molecule has 1 fully saturated rings. The number of carbonyl (C=O) groups excluding carboxylic acids is 3. The minimum atomic E-state index is -0.351. The summed E-state index contributed by atoms with van der Waals surface area (Å²) in [5.41, 5.74) is 4.19. The van der Waals surface area contributed by atoms with Gasteiger partial charge < -0.3 is 14.2 Å². The SMILES string of the molecule is CCn1c(C)cc(C(=O)COC(=O)C2CCN(C(=O)c3ccccc3C)CC2)c1C. The topological polar surface area (TPSA) is 68.6 Å². The van der Waals surface area contributed by atoms with E-state index in [4.69, 9.17) is 4.74 Å². The van der Waals surface area contributed by atoms with Gasteiger partial charge in [-0.2, -0.15) is 0 Å². The van der Waals surface area contributed by atoms with Crippen molar-refractivity contribution in [3.05, 3.63) is 58.4 Å². The van der Waals surface area contributed by atoms with Crippen LogP contribution in [-0.4, -0.2) is 46.8 Å². The third-order valence-electron chi connectivity index (χ3n) is 6.03. The number of Topliss-reactive ketones (excluding diaryl/α,β-unsaturated/α-hetero) is 1. The summed E-state index contributed by atoms with van der Waals surface area (Å²) in [6, 6.07) is 9.38. The highest BCUT2D eigenvalue weighted by Gasteiger charge is 2.29. The third-order valence-corrected chi connectivity index (χ3v) is 6.03. The molecule has 1 aromatic carbocycles. The van der Waals surface area contributed by atoms with E-state index in [2.05, 4.69) is 4.57 Å². The molecule has 160 valence electrons. The van der Waals surface area contributed by atoms with Gasteiger partial charge in [0.1, 0.15) is 0 Å². The molecule has 1 aromatic heterocycles. The normalized spacial score (nSPS) is 14.6. The van der Waals surface area contributed by atoms with Crippen LogP contribution in [0.4, 0.5) is 0 Å². The number of nitrogens with zero attached hydrogens (tertiary/aromatic N) is 2. The van der Waals surface area contributed by atoms with E-state index in [1.165, 1.54) is 0 Å². The van der Waals surface area contributed by atoms with E-state index in [-0.39, 0.29) is 30.2 Å². The van der Waals surface area contributed by atoms with Crippen LogP contribution >= 0.6 is 0 Å². The Kier molecular flexibility index (Phi) is 6.75. The maximum atomic E-state index is 12.7. The summed E-state index contributed by atoms with van der Waals surface area (Å²) < 4.78 is 7.40. The molecular formula is C24H30N2O4. The number of aromatic nitrogens is 1. The quantitative estimate of drug-likeness (QED) is 0.538. The second kappa shape index (κ2) is 9.28. The van der Waals surface area contributed by atoms with Crippen molar-refractivity contribution in [2.24, 2.45) is 5.92 Å². The lowest BCUT2D eigenvalue weighted by Crippen LogP contribution is -2.41. The van der Waals surface area contributed by atoms with Gasteiger partial charge in [-0.1, -0.05) is 18.2 Å². The van der Waals surface area contributed by atoms with Gasteiger partial charge in [-0.05, 0) is 58.2 Å². The largest absolute Gasteiger partial charge is 0.457 e. The monoisotopic (exact) mass is 410 g/mol. The zero-order valence-electron chi connectivity index (χ0n) is 18.2. The molecule has 2 aromatic rings. The van der Waals surface area contributed by atoms with Gasteiger partial charge in [0.05, 0.1) is 5.92 Å². The highest BCUT2D eigenvalue weighted by atomic mass is 16.5. The van der Waals surface area contributed by atoms with Gasteiger partial charge in [0, 0.05) is 42.1 Å². The van der Waals surface area contributed by atoms with E-state index in [1.54, 1.807) is 4.90 Å². The smallest absolute Gasteiger partial charge is 0.309 e. The molecule has 1 aliphatic rings. The molecule has 0 N–H and O–H groups in total. The van der Waals surface area contributed by atoms with Crippen molar-refractivity contribution in [3.63, 3.8) is 0 Å². The molecule has 0 spiro atoms. The van der Waals surface area contributed by atoms with Crippen molar-refractivity contribution in [2.45, 2.75) is 47.1 Å². The number of hydrogen-bond acceptors (Lipinski definition) is 4. The first-order chi connectivity index (χ1) is 14.3. The number of esters is 1. The molecule has 0 aliphatic carbocycles. The fraction of sp³-hybridized carbons (Fsp3) is 0.458. The molecular weight excluding hydrogens is 380 g/mol. The van der Waals surface area contributed by atoms with Crippen LogP contribution in [0.25, 0.3) is 0 Å². The maximum absolute atomic E-state index is 12.7. The molecule has 6 heteroatoms. The maximum Gasteiger partial charge on any atom is 0.309 e. The first-order valence-corrected chi connectivity index (χ1v) is 10.5. The average molecular weight is 411 g/mol. The van der Waals surface area contributed by atoms with Gasteiger partial charge in [0.15, 0.2) is 6.61 Å². The lowest BCUT2D eigenvalue weighted by Gasteiger charge is -2.31. The van der Waals surface area contributed by atoms with E-state index < -0.39 is 0 Å². The predicted octanol–water partition coefficient (Wildman–Crippen LogP) is 3.71. The van der Waals surface area contributed by atoms with E-state index in [1.807, 2.05) is 58.0 Å². The summed E-state index contributed by atoms with van der Waals surface area (Å²) >= 11 is 0. The Balaban J connectivity index is 1.52. The number of aryl methyl sites for hydroxylation is 2. The number of ether oxygens (including phenoxy) is 1. The van der Waals surface area contributed by atoms with Gasteiger partial charge in [-0.25, -0.2) is 0 Å². The highest BCUT2D eigenvalue weighted by molar-refractivity contribution is 5.99. The standard InChI is InChI=1S/C24H30N2O4/c1-5-26-17(3)14-21(18(26)4)22(27)15-30-24(29)19-10-12-25(13-11-19)23(28)20-9-7-6-8-16(20)2/h6-9,14,19H,5,10-13,15H2,1-4H3. The molecule has 3 rings (SSSR count). The van der Waals surface area contributed by atoms with Crippen molar-refractivity contribution in [1.29, 1.82) is 0 Å². The van der Waals surface area contributed by atoms with Crippen molar-refractivity contribution >= 4 is 17.7 Å². The number of benzene rings is 1. The van der Waals surface area contributed by atoms with Crippen molar-refractivity contribution in [2.75, 3.05) is 19.7 Å². The van der Waals surface area contributed by atoms with Crippen LogP contribution in [0.3, 0.4) is 0 Å². The molecule has 0 atom stereocenters. The second-order valence-corrected chi connectivity index (χ2v) is 7.94. The summed E-state index contributed by atoms with van der Waals surface area (Å²) in [6.07, 6.45) is 1.10. The molecule has 6 nitrogen and oxygen atoms in total. The fourth-order valence-corrected chi connectivity index (χ4v) is 4.20. The van der Waals surface area contributed by atoms with Crippen LogP contribution in [0.2, 0.25) is 0 Å². The van der Waals surface area contributed by atoms with Gasteiger partial charge in [-0.15, -0.1) is 0 Å². The van der Waals surface area contributed by atoms with Gasteiger partial charge >= 0.3 is 5.97 Å². The average Bonchev–Trinajstić information content (AvgIpc) is 3.05. The molecule has 0 radical (unpaired) electrons. The third kappa shape index (κ3) is 4.48. The number of likely N-dealkylation sites (tertiary alicyclic amines) is 1. The second-order valence-electron chi connectivity index (χ2n) is 7.94. The van der Waals surface area contributed by atoms with Crippen LogP contribution in [0.15, 0.2) is 30.3 Å². The number of rotatable bonds is 6. The summed E-state index contributed by atoms with van der Waals surface area (Å²) in [5, 5.41) is 0. The number of ketones is 1. The molecule has 2 heterocycles. The number of piperidine rings is 1. The molecule has 0 bridgehead atoms. The lowest BCUT2D eigenvalue weighted by atomic mass is 9.96. The van der Waals surface area contributed by atoms with Gasteiger partial charge in [0.2, 0.25) is 5.78 Å². The Morgan fingerprint density at radius 3 is 2.30 bits per heavy atom. The summed E-state index contributed by atoms with van der Waals surface area (Å²) in [6.45, 7) is 9.41. The van der Waals surface area contributed by atoms with Crippen LogP contribution < -0.4 is 0 Å². The van der Waals surface area contributed by atoms with Crippen LogP contribution in [0, 0.1) is 26.7 Å². The van der Waals surface area contributed by atoms with Gasteiger partial charge in [-0.3, -0.25) is 14.4 Å². The first-order valence-electron chi connectivity index (χ1n) is 10.5. The lowest BCUT2D eigenvalue weighted by molar-refractivity contribution is -0.148. The molecule has 0 unspecified atom stereocenters. The van der Waals surface area contributed by atoms with E-state index in [9.17, 15) is 14.4 Å². The van der Waals surface area contributed by atoms with Crippen LogP contribution in [0.1, 0.15) is 57.4 Å². The highest BCUT2D eigenvalue weighted by Crippen LogP contribution is 2.22. The Morgan fingerprint density at radius 2 is 1.70 bits per heavy atom. The Bertz CT molecular complexity index is 952. The summed E-state index contributed by atoms with van der Waals surface area (Å²) in [5.74, 6) is -0.804. The molecule has 0 saturated carbocycles. The minimum absolute atomic E-state index is 0.00127. The summed E-state index contributed by atoms with van der Waals surface area (Å²) in [4.78, 5) is 39.5. The first kappa shape index (κ1) is 21.8. The summed E-state index contributed by atoms with van der Waals surface area (Å²) in [7, 11) is 0. The number of amides is 1. The fourth-order valence-electron chi connectivity index (χ4n) is 4.20. The van der Waals surface area contributed by atoms with Crippen molar-refractivity contribution in [3.8, 4) is 0 Å². The van der Waals surface area contributed by atoms with E-state index in [0.29, 0.717) is 37.1 Å². The van der Waals surface area contributed by atoms with E-state index in [0.717, 1.165) is 23.5 Å². The Morgan fingerprint density at radius 1 is 1.03 bits per heavy atom. The number of hydrogen-bond donors (Lipinski definition) is 0. The van der Waals surface area contributed by atoms with Crippen molar-refractivity contribution in [1.82, 2.24) is 9.47 Å². The molecule has 1 aliphatic heterocycles. The zero-order chi connectivity index (χ0) is 21.8. The Hall–Kier alpha value is -2.89. The minimum Gasteiger partial charge on any atom is -0.457 e. The zero-order valence-corrected chi connectivity index (χ0v) is 18.2. The van der Waals surface area contributed by atoms with E-state index >= 15 is 0 Å². The van der Waals surface area contributed by atoms with Crippen LogP contribution in [0.5, 0.6) is 0 Å². The Labute approximate surface area is 177 Å². The van der Waals surface area contributed by atoms with Crippen LogP contribution in [-0.2, 0) is 16.1 Å². The molecule has 30 heavy (non-hydrogen) atoms. The molecule has 1 saturated heterocycles. The predicted molar refractivity (Wildman–Crippen MR) is 115 cm³/mol. The number of carbonyl (C=O) groups is 3.